The van der Waals surface area contributed by atoms with Crippen LogP contribution in [0.1, 0.15) is 24.6 Å². The average Bonchev–Trinajstić information content (AvgIpc) is 2.90. The lowest BCUT2D eigenvalue weighted by Gasteiger charge is -2.28. The van der Waals surface area contributed by atoms with Crippen molar-refractivity contribution in [2.45, 2.75) is 25.4 Å². The number of nitrogens with zero attached hydrogens (tertiary/aromatic N) is 3. The number of aromatic nitrogens is 2. The molecule has 1 aromatic heterocycles. The molecule has 7 nitrogen and oxygen atoms in total. The van der Waals surface area contributed by atoms with E-state index < -0.39 is 12.1 Å². The van der Waals surface area contributed by atoms with Crippen molar-refractivity contribution in [3.8, 4) is 0 Å². The fourth-order valence-corrected chi connectivity index (χ4v) is 2.14. The van der Waals surface area contributed by atoms with Crippen LogP contribution in [0.15, 0.2) is 4.52 Å². The number of halogens is 3. The van der Waals surface area contributed by atoms with Gasteiger partial charge in [-0.1, -0.05) is 5.16 Å². The molecule has 1 fully saturated rings. The second-order valence-electron chi connectivity index (χ2n) is 5.06. The van der Waals surface area contributed by atoms with Crippen molar-refractivity contribution < 1.29 is 27.3 Å². The van der Waals surface area contributed by atoms with Gasteiger partial charge >= 0.3 is 12.1 Å². The first-order valence-corrected chi connectivity index (χ1v) is 6.69. The second kappa shape index (κ2) is 6.32. The number of hydrogen-bond acceptors (Lipinski definition) is 5. The predicted molar refractivity (Wildman–Crippen MR) is 66.4 cm³/mol. The number of hydrogen-bond donors (Lipinski definition) is 1. The number of carbonyl (C=O) groups excluding carboxylic acids is 2. The van der Waals surface area contributed by atoms with E-state index >= 15 is 0 Å². The number of piperidine rings is 1. The summed E-state index contributed by atoms with van der Waals surface area (Å²) in [6.07, 6.45) is -3.86. The quantitative estimate of drug-likeness (QED) is 0.878. The molecule has 1 unspecified atom stereocenters. The Morgan fingerprint density at radius 2 is 2.23 bits per heavy atom. The van der Waals surface area contributed by atoms with Gasteiger partial charge in [0.1, 0.15) is 0 Å². The standard InChI is InChI=1S/C12H15F3N4O3/c1-19-6-7(2-3-9(19)20)10(21)16-5-4-8-17-11(22-18-8)12(13,14)15/h7H,2-6H2,1H3,(H,16,21). The lowest BCUT2D eigenvalue weighted by molar-refractivity contribution is -0.159. The van der Waals surface area contributed by atoms with E-state index in [1.165, 1.54) is 4.90 Å². The molecular formula is C12H15F3N4O3. The van der Waals surface area contributed by atoms with Gasteiger partial charge in [-0.15, -0.1) is 0 Å². The molecule has 1 saturated heterocycles. The van der Waals surface area contributed by atoms with Gasteiger partial charge in [-0.25, -0.2) is 0 Å². The fourth-order valence-electron chi connectivity index (χ4n) is 2.14. The highest BCUT2D eigenvalue weighted by Crippen LogP contribution is 2.27. The Kier molecular flexibility index (Phi) is 4.67. The van der Waals surface area contributed by atoms with Crippen molar-refractivity contribution in [2.24, 2.45) is 5.92 Å². The van der Waals surface area contributed by atoms with Crippen LogP contribution in [0.4, 0.5) is 13.2 Å². The van der Waals surface area contributed by atoms with Gasteiger partial charge < -0.3 is 14.7 Å². The molecule has 0 aliphatic carbocycles. The van der Waals surface area contributed by atoms with Gasteiger partial charge in [0, 0.05) is 33.0 Å². The molecule has 1 aliphatic rings. The molecule has 1 aliphatic heterocycles. The van der Waals surface area contributed by atoms with Crippen LogP contribution in [0.5, 0.6) is 0 Å². The highest BCUT2D eigenvalue weighted by Gasteiger charge is 2.38. The predicted octanol–water partition coefficient (Wildman–Crippen LogP) is 0.616. The lowest BCUT2D eigenvalue weighted by Crippen LogP contribution is -2.44. The van der Waals surface area contributed by atoms with Crippen LogP contribution >= 0.6 is 0 Å². The summed E-state index contributed by atoms with van der Waals surface area (Å²) in [5.41, 5.74) is 0. The highest BCUT2D eigenvalue weighted by atomic mass is 19.4. The first-order valence-electron chi connectivity index (χ1n) is 6.69. The minimum absolute atomic E-state index is 0.00414. The molecular weight excluding hydrogens is 305 g/mol. The van der Waals surface area contributed by atoms with E-state index in [0.717, 1.165) is 0 Å². The zero-order chi connectivity index (χ0) is 16.3. The van der Waals surface area contributed by atoms with Gasteiger partial charge in [-0.2, -0.15) is 18.2 Å². The smallest absolute Gasteiger partial charge is 0.355 e. The minimum Gasteiger partial charge on any atom is -0.355 e. The number of likely N-dealkylation sites (tertiary alicyclic amines) is 1. The molecule has 1 aromatic rings. The molecule has 1 N–H and O–H groups in total. The number of alkyl halides is 3. The van der Waals surface area contributed by atoms with Crippen LogP contribution in [0.3, 0.4) is 0 Å². The van der Waals surface area contributed by atoms with Crippen molar-refractivity contribution in [3.63, 3.8) is 0 Å². The lowest BCUT2D eigenvalue weighted by atomic mass is 9.97. The van der Waals surface area contributed by atoms with Gasteiger partial charge in [0.2, 0.25) is 11.8 Å². The van der Waals surface area contributed by atoms with E-state index in [-0.39, 0.29) is 36.5 Å². The number of carbonyl (C=O) groups is 2. The summed E-state index contributed by atoms with van der Waals surface area (Å²) in [7, 11) is 1.62. The van der Waals surface area contributed by atoms with Gasteiger partial charge in [-0.05, 0) is 6.42 Å². The Balaban J connectivity index is 1.78. The number of nitrogens with one attached hydrogen (secondary N) is 1. The molecule has 0 bridgehead atoms. The summed E-state index contributed by atoms with van der Waals surface area (Å²) in [6, 6.07) is 0. The second-order valence-corrected chi connectivity index (χ2v) is 5.06. The molecule has 10 heteroatoms. The summed E-state index contributed by atoms with van der Waals surface area (Å²) in [6.45, 7) is 0.439. The summed E-state index contributed by atoms with van der Waals surface area (Å²) in [5, 5.41) is 5.81. The summed E-state index contributed by atoms with van der Waals surface area (Å²) >= 11 is 0. The molecule has 1 atom stereocenters. The molecule has 2 rings (SSSR count). The maximum absolute atomic E-state index is 12.3. The van der Waals surface area contributed by atoms with Crippen LogP contribution in [-0.4, -0.2) is 47.0 Å². The van der Waals surface area contributed by atoms with Crippen LogP contribution in [0.2, 0.25) is 0 Å². The van der Waals surface area contributed by atoms with Gasteiger partial charge in [0.05, 0.1) is 5.92 Å². The van der Waals surface area contributed by atoms with Crippen LogP contribution in [0, 0.1) is 5.92 Å². The SMILES string of the molecule is CN1CC(C(=O)NCCc2noc(C(F)(F)F)n2)CCC1=O. The Hall–Kier alpha value is -2.13. The van der Waals surface area contributed by atoms with E-state index in [0.29, 0.717) is 19.4 Å². The van der Waals surface area contributed by atoms with Crippen LogP contribution < -0.4 is 5.32 Å². The van der Waals surface area contributed by atoms with E-state index in [9.17, 15) is 22.8 Å². The monoisotopic (exact) mass is 320 g/mol. The fraction of sp³-hybridized carbons (Fsp3) is 0.667. The highest BCUT2D eigenvalue weighted by molar-refractivity contribution is 5.83. The van der Waals surface area contributed by atoms with E-state index in [4.69, 9.17) is 0 Å². The Morgan fingerprint density at radius 1 is 1.50 bits per heavy atom. The van der Waals surface area contributed by atoms with E-state index in [1.807, 2.05) is 0 Å². The van der Waals surface area contributed by atoms with E-state index in [2.05, 4.69) is 20.0 Å². The van der Waals surface area contributed by atoms with E-state index in [1.54, 1.807) is 7.05 Å². The third-order valence-electron chi connectivity index (χ3n) is 3.36. The third-order valence-corrected chi connectivity index (χ3v) is 3.36. The topological polar surface area (TPSA) is 88.3 Å². The Labute approximate surface area is 123 Å². The average molecular weight is 320 g/mol. The first-order chi connectivity index (χ1) is 10.3. The maximum Gasteiger partial charge on any atom is 0.471 e. The summed E-state index contributed by atoms with van der Waals surface area (Å²) < 4.78 is 40.9. The molecule has 0 saturated carbocycles. The van der Waals surface area contributed by atoms with Gasteiger partial charge in [0.25, 0.3) is 0 Å². The van der Waals surface area contributed by atoms with Crippen LogP contribution in [0.25, 0.3) is 0 Å². The zero-order valence-electron chi connectivity index (χ0n) is 11.8. The molecule has 0 spiro atoms. The number of amides is 2. The largest absolute Gasteiger partial charge is 0.471 e. The molecule has 122 valence electrons. The first kappa shape index (κ1) is 16.2. The molecule has 0 radical (unpaired) electrons. The van der Waals surface area contributed by atoms with Crippen molar-refractivity contribution in [1.29, 1.82) is 0 Å². The molecule has 22 heavy (non-hydrogen) atoms. The Morgan fingerprint density at radius 3 is 2.82 bits per heavy atom. The third kappa shape index (κ3) is 3.95. The van der Waals surface area contributed by atoms with Gasteiger partial charge in [-0.3, -0.25) is 9.59 Å². The van der Waals surface area contributed by atoms with Crippen molar-refractivity contribution in [1.82, 2.24) is 20.4 Å². The molecule has 2 heterocycles. The van der Waals surface area contributed by atoms with Crippen molar-refractivity contribution in [3.05, 3.63) is 11.7 Å². The maximum atomic E-state index is 12.3. The molecule has 0 aromatic carbocycles. The summed E-state index contributed by atoms with van der Waals surface area (Å²) in [4.78, 5) is 27.9. The van der Waals surface area contributed by atoms with Gasteiger partial charge in [0.15, 0.2) is 5.82 Å². The Bertz CT molecular complexity index is 558. The normalized spacial score (nSPS) is 19.4. The van der Waals surface area contributed by atoms with Crippen LogP contribution in [-0.2, 0) is 22.2 Å². The van der Waals surface area contributed by atoms with Crippen molar-refractivity contribution >= 4 is 11.8 Å². The zero-order valence-corrected chi connectivity index (χ0v) is 11.8. The minimum atomic E-state index is -4.67. The number of rotatable bonds is 4. The molecule has 2 amide bonds. The summed E-state index contributed by atoms with van der Waals surface area (Å²) in [5.74, 6) is -2.07. The van der Waals surface area contributed by atoms with Crippen molar-refractivity contribution in [2.75, 3.05) is 20.1 Å².